The number of rotatable bonds is 5. The van der Waals surface area contributed by atoms with Crippen LogP contribution >= 0.6 is 0 Å². The lowest BCUT2D eigenvalue weighted by atomic mass is 10.2. The Hall–Kier alpha value is -2.45. The Balaban J connectivity index is 1.36. The van der Waals surface area contributed by atoms with E-state index >= 15 is 0 Å². The van der Waals surface area contributed by atoms with Gasteiger partial charge in [-0.05, 0) is 24.3 Å². The van der Waals surface area contributed by atoms with Crippen molar-refractivity contribution in [1.29, 1.82) is 0 Å². The summed E-state index contributed by atoms with van der Waals surface area (Å²) in [5.74, 6) is -0.245. The number of benzene rings is 1. The molecule has 1 N–H and O–H groups in total. The lowest BCUT2D eigenvalue weighted by molar-refractivity contribution is 0.00861. The molecule has 8 heteroatoms. The first-order valence-corrected chi connectivity index (χ1v) is 8.29. The van der Waals surface area contributed by atoms with Crippen LogP contribution in [0.4, 0.5) is 13.2 Å². The highest BCUT2D eigenvalue weighted by Gasteiger charge is 2.34. The first-order chi connectivity index (χ1) is 12.6. The molecule has 0 bridgehead atoms. The number of likely N-dealkylation sites (tertiary alicyclic amines) is 1. The molecule has 5 nitrogen and oxygen atoms in total. The number of H-pyrrole nitrogens is 1. The van der Waals surface area contributed by atoms with Crippen molar-refractivity contribution < 1.29 is 17.9 Å². The number of alkyl halides is 1. The van der Waals surface area contributed by atoms with Gasteiger partial charge in [-0.2, -0.15) is 0 Å². The van der Waals surface area contributed by atoms with Crippen molar-refractivity contribution in [2.75, 3.05) is 13.1 Å². The van der Waals surface area contributed by atoms with Gasteiger partial charge in [0.15, 0.2) is 0 Å². The van der Waals surface area contributed by atoms with E-state index in [9.17, 15) is 13.2 Å². The molecule has 1 aromatic carbocycles. The van der Waals surface area contributed by atoms with Crippen LogP contribution in [-0.4, -0.2) is 45.2 Å². The van der Waals surface area contributed by atoms with Gasteiger partial charge in [0.25, 0.3) is 0 Å². The van der Waals surface area contributed by atoms with Crippen molar-refractivity contribution in [3.63, 3.8) is 0 Å². The first-order valence-electron chi connectivity index (χ1n) is 8.29. The van der Waals surface area contributed by atoms with E-state index in [1.54, 1.807) is 12.1 Å². The second kappa shape index (κ2) is 7.05. The Morgan fingerprint density at radius 1 is 1.23 bits per heavy atom. The van der Waals surface area contributed by atoms with Crippen molar-refractivity contribution in [2.45, 2.75) is 25.4 Å². The van der Waals surface area contributed by atoms with E-state index in [1.165, 1.54) is 18.3 Å². The average molecular weight is 362 g/mol. The van der Waals surface area contributed by atoms with E-state index in [0.717, 1.165) is 6.20 Å². The summed E-state index contributed by atoms with van der Waals surface area (Å²) in [5, 5.41) is 0. The van der Waals surface area contributed by atoms with Crippen LogP contribution in [0.25, 0.3) is 11.0 Å². The summed E-state index contributed by atoms with van der Waals surface area (Å²) in [5.41, 5.74) is 1.68. The van der Waals surface area contributed by atoms with Gasteiger partial charge >= 0.3 is 0 Å². The molecule has 136 valence electrons. The zero-order valence-electron chi connectivity index (χ0n) is 13.8. The lowest BCUT2D eigenvalue weighted by Gasteiger charge is -2.15. The number of hydrogen-bond donors (Lipinski definition) is 1. The largest absolute Gasteiger partial charge is 0.366 e. The predicted molar refractivity (Wildman–Crippen MR) is 89.0 cm³/mol. The van der Waals surface area contributed by atoms with Crippen LogP contribution in [0.5, 0.6) is 0 Å². The van der Waals surface area contributed by atoms with Gasteiger partial charge in [-0.3, -0.25) is 9.88 Å². The van der Waals surface area contributed by atoms with Crippen molar-refractivity contribution in [3.05, 3.63) is 59.7 Å². The summed E-state index contributed by atoms with van der Waals surface area (Å²) < 4.78 is 46.8. The van der Waals surface area contributed by atoms with Crippen LogP contribution in [0, 0.1) is 11.6 Å². The molecular weight excluding hydrogens is 345 g/mol. The molecule has 0 amide bonds. The highest BCUT2D eigenvalue weighted by atomic mass is 19.1. The maximum absolute atomic E-state index is 14.2. The molecule has 1 aliphatic rings. The van der Waals surface area contributed by atoms with Crippen LogP contribution in [-0.2, 0) is 17.9 Å². The molecule has 1 fully saturated rings. The fourth-order valence-electron chi connectivity index (χ4n) is 3.16. The number of aromatic amines is 1. The van der Waals surface area contributed by atoms with Gasteiger partial charge in [0.1, 0.15) is 36.3 Å². The van der Waals surface area contributed by atoms with E-state index in [-0.39, 0.29) is 19.0 Å². The smallest absolute Gasteiger partial charge is 0.145 e. The van der Waals surface area contributed by atoms with Crippen LogP contribution in [0.1, 0.15) is 11.4 Å². The summed E-state index contributed by atoms with van der Waals surface area (Å²) in [6, 6.07) is 5.84. The molecule has 1 saturated heterocycles. The topological polar surface area (TPSA) is 54.0 Å². The van der Waals surface area contributed by atoms with Gasteiger partial charge < -0.3 is 9.72 Å². The van der Waals surface area contributed by atoms with Crippen molar-refractivity contribution in [3.8, 4) is 0 Å². The summed E-state index contributed by atoms with van der Waals surface area (Å²) >= 11 is 0. The molecule has 3 aromatic rings. The number of hydrogen-bond acceptors (Lipinski definition) is 4. The molecule has 26 heavy (non-hydrogen) atoms. The number of halogens is 3. The van der Waals surface area contributed by atoms with E-state index in [1.807, 2.05) is 4.90 Å². The molecule has 2 atom stereocenters. The number of aromatic nitrogens is 3. The molecule has 2 unspecified atom stereocenters. The predicted octanol–water partition coefficient (Wildman–Crippen LogP) is 2.98. The van der Waals surface area contributed by atoms with Crippen LogP contribution in [0.2, 0.25) is 0 Å². The number of pyridine rings is 1. The Morgan fingerprint density at radius 2 is 2.12 bits per heavy atom. The third kappa shape index (κ3) is 3.56. The van der Waals surface area contributed by atoms with Gasteiger partial charge in [-0.1, -0.05) is 0 Å². The Kier molecular flexibility index (Phi) is 4.60. The molecule has 0 radical (unpaired) electrons. The standard InChI is InChI=1S/C18H17F3N4O/c19-12-1-2-15-16(5-12)24-18(23-15)10-26-17-9-25(8-14(17)21)7-11-3-4-22-6-13(11)20/h1-6,14,17H,7-10H2,(H,23,24). The van der Waals surface area contributed by atoms with Gasteiger partial charge in [0.05, 0.1) is 17.2 Å². The quantitative estimate of drug-likeness (QED) is 0.758. The van der Waals surface area contributed by atoms with E-state index in [2.05, 4.69) is 15.0 Å². The zero-order chi connectivity index (χ0) is 18.1. The van der Waals surface area contributed by atoms with E-state index in [4.69, 9.17) is 4.74 Å². The number of nitrogens with one attached hydrogen (secondary N) is 1. The monoisotopic (exact) mass is 362 g/mol. The second-order valence-electron chi connectivity index (χ2n) is 6.37. The normalized spacial score (nSPS) is 20.9. The minimum absolute atomic E-state index is 0.0961. The summed E-state index contributed by atoms with van der Waals surface area (Å²) in [6.45, 7) is 0.937. The minimum Gasteiger partial charge on any atom is -0.366 e. The number of fused-ring (bicyclic) bond motifs is 1. The molecule has 0 aliphatic carbocycles. The molecule has 2 aromatic heterocycles. The fourth-order valence-corrected chi connectivity index (χ4v) is 3.16. The molecular formula is C18H17F3N4O. The third-order valence-electron chi connectivity index (χ3n) is 4.45. The second-order valence-corrected chi connectivity index (χ2v) is 6.37. The van der Waals surface area contributed by atoms with Crippen LogP contribution < -0.4 is 0 Å². The zero-order valence-corrected chi connectivity index (χ0v) is 13.8. The Morgan fingerprint density at radius 3 is 2.96 bits per heavy atom. The third-order valence-corrected chi connectivity index (χ3v) is 4.45. The highest BCUT2D eigenvalue weighted by molar-refractivity contribution is 5.74. The summed E-state index contributed by atoms with van der Waals surface area (Å²) in [7, 11) is 0. The lowest BCUT2D eigenvalue weighted by Crippen LogP contribution is -2.24. The van der Waals surface area contributed by atoms with Gasteiger partial charge in [0.2, 0.25) is 0 Å². The van der Waals surface area contributed by atoms with Crippen molar-refractivity contribution in [2.24, 2.45) is 0 Å². The minimum atomic E-state index is -1.17. The first kappa shape index (κ1) is 17.0. The van der Waals surface area contributed by atoms with Crippen LogP contribution in [0.15, 0.2) is 36.7 Å². The highest BCUT2D eigenvalue weighted by Crippen LogP contribution is 2.21. The fraction of sp³-hybridized carbons (Fsp3) is 0.333. The maximum atomic E-state index is 14.2. The Labute approximate surface area is 147 Å². The molecule has 0 saturated carbocycles. The van der Waals surface area contributed by atoms with Crippen molar-refractivity contribution in [1.82, 2.24) is 19.9 Å². The summed E-state index contributed by atoms with van der Waals surface area (Å²) in [4.78, 5) is 12.8. The number of imidazole rings is 1. The molecule has 0 spiro atoms. The SMILES string of the molecule is Fc1ccc2nc(COC3CN(Cc4ccncc4F)CC3F)[nH]c2c1. The van der Waals surface area contributed by atoms with E-state index < -0.39 is 18.1 Å². The van der Waals surface area contributed by atoms with Crippen LogP contribution in [0.3, 0.4) is 0 Å². The summed E-state index contributed by atoms with van der Waals surface area (Å²) in [6.07, 6.45) is 0.878. The van der Waals surface area contributed by atoms with E-state index in [0.29, 0.717) is 35.5 Å². The maximum Gasteiger partial charge on any atom is 0.145 e. The average Bonchev–Trinajstić information content (AvgIpc) is 3.17. The van der Waals surface area contributed by atoms with Gasteiger partial charge in [0, 0.05) is 31.4 Å². The van der Waals surface area contributed by atoms with Gasteiger partial charge in [-0.15, -0.1) is 0 Å². The molecule has 3 heterocycles. The van der Waals surface area contributed by atoms with Crippen molar-refractivity contribution >= 4 is 11.0 Å². The Bertz CT molecular complexity index is 916. The van der Waals surface area contributed by atoms with Gasteiger partial charge in [-0.25, -0.2) is 18.2 Å². The number of ether oxygens (including phenoxy) is 1. The molecule has 1 aliphatic heterocycles. The number of nitrogens with zero attached hydrogens (tertiary/aromatic N) is 3. The molecule has 4 rings (SSSR count).